The second-order valence-electron chi connectivity index (χ2n) is 7.25. The summed E-state index contributed by atoms with van der Waals surface area (Å²) in [6, 6.07) is 0. The van der Waals surface area contributed by atoms with Gasteiger partial charge in [-0.3, -0.25) is 9.69 Å². The van der Waals surface area contributed by atoms with E-state index in [1.54, 1.807) is 0 Å². The van der Waals surface area contributed by atoms with Crippen molar-refractivity contribution in [2.24, 2.45) is 11.8 Å². The van der Waals surface area contributed by atoms with Crippen LogP contribution in [0.25, 0.3) is 0 Å². The third-order valence-electron chi connectivity index (χ3n) is 5.78. The van der Waals surface area contributed by atoms with Crippen LogP contribution in [0.5, 0.6) is 0 Å². The molecule has 1 N–H and O–H groups in total. The zero-order chi connectivity index (χ0) is 14.4. The second kappa shape index (κ2) is 4.92. The van der Waals surface area contributed by atoms with E-state index in [2.05, 4.69) is 11.8 Å². The van der Waals surface area contributed by atoms with Crippen LogP contribution in [0.2, 0.25) is 0 Å². The molecule has 4 heteroatoms. The molecular formula is C16H25NO3. The molecule has 0 amide bonds. The number of rotatable bonds is 3. The average Bonchev–Trinajstić information content (AvgIpc) is 2.34. The van der Waals surface area contributed by atoms with Crippen LogP contribution < -0.4 is 0 Å². The molecule has 0 unspecified atom stereocenters. The van der Waals surface area contributed by atoms with Gasteiger partial charge in [0.25, 0.3) is 0 Å². The normalized spacial score (nSPS) is 45.0. The molecule has 4 nitrogen and oxygen atoms in total. The summed E-state index contributed by atoms with van der Waals surface area (Å²) in [4.78, 5) is 25.3. The van der Waals surface area contributed by atoms with Crippen LogP contribution in [0.15, 0.2) is 0 Å². The maximum absolute atomic E-state index is 12.2. The van der Waals surface area contributed by atoms with Gasteiger partial charge in [0.15, 0.2) is 0 Å². The number of likely N-dealkylation sites (tertiary alicyclic amines) is 1. The van der Waals surface area contributed by atoms with Gasteiger partial charge in [-0.15, -0.1) is 0 Å². The van der Waals surface area contributed by atoms with E-state index < -0.39 is 5.60 Å². The summed E-state index contributed by atoms with van der Waals surface area (Å²) in [5.74, 6) is 0.860. The Balaban J connectivity index is 1.97. The SMILES string of the molecule is C[C@@H]1C[C@]2(O)CC(=O)C[C@]3(C1)[C@H]2CCCN3CCC=O. The molecule has 0 spiro atoms. The highest BCUT2D eigenvalue weighted by Gasteiger charge is 2.62. The first-order valence-electron chi connectivity index (χ1n) is 7.93. The van der Waals surface area contributed by atoms with E-state index in [1.165, 1.54) is 0 Å². The first-order chi connectivity index (χ1) is 9.50. The molecule has 0 aromatic carbocycles. The summed E-state index contributed by atoms with van der Waals surface area (Å²) in [6.07, 6.45) is 6.23. The summed E-state index contributed by atoms with van der Waals surface area (Å²) < 4.78 is 0. The van der Waals surface area contributed by atoms with Crippen LogP contribution in [-0.4, -0.2) is 46.3 Å². The number of ketones is 1. The molecule has 2 bridgehead atoms. The fourth-order valence-electron chi connectivity index (χ4n) is 5.45. The Morgan fingerprint density at radius 1 is 1.40 bits per heavy atom. The molecule has 2 saturated carbocycles. The monoisotopic (exact) mass is 279 g/mol. The van der Waals surface area contributed by atoms with Crippen molar-refractivity contribution < 1.29 is 14.7 Å². The Morgan fingerprint density at radius 3 is 2.95 bits per heavy atom. The molecule has 3 fully saturated rings. The maximum Gasteiger partial charge on any atom is 0.137 e. The highest BCUT2D eigenvalue weighted by Crippen LogP contribution is 2.56. The van der Waals surface area contributed by atoms with E-state index >= 15 is 0 Å². The number of Topliss-reactive ketones (excluding diaryl/α,β-unsaturated/α-hetero) is 1. The molecular weight excluding hydrogens is 254 g/mol. The molecule has 3 rings (SSSR count). The molecule has 4 atom stereocenters. The van der Waals surface area contributed by atoms with E-state index in [4.69, 9.17) is 0 Å². The van der Waals surface area contributed by atoms with Crippen molar-refractivity contribution in [3.05, 3.63) is 0 Å². The number of aldehydes is 1. The Kier molecular flexibility index (Phi) is 3.49. The third kappa shape index (κ3) is 2.04. The molecule has 112 valence electrons. The quantitative estimate of drug-likeness (QED) is 0.796. The van der Waals surface area contributed by atoms with Crippen molar-refractivity contribution in [3.63, 3.8) is 0 Å². The van der Waals surface area contributed by atoms with Gasteiger partial charge in [0, 0.05) is 37.3 Å². The molecule has 1 saturated heterocycles. The Bertz CT molecular complexity index is 424. The third-order valence-corrected chi connectivity index (χ3v) is 5.78. The van der Waals surface area contributed by atoms with Crippen molar-refractivity contribution in [3.8, 4) is 0 Å². The fourth-order valence-corrected chi connectivity index (χ4v) is 5.45. The van der Waals surface area contributed by atoms with Crippen LogP contribution in [-0.2, 0) is 9.59 Å². The standard InChI is InChI=1S/C16H25NO3/c1-12-8-15-10-13(19)11-16(20,9-12)14(15)4-2-5-17(15)6-3-7-18/h7,12,14,20H,2-6,8-11H2,1H3/t12-,14+,15+,16-/m0/s1. The summed E-state index contributed by atoms with van der Waals surface area (Å²) in [6.45, 7) is 3.88. The number of carbonyl (C=O) groups is 2. The number of carbonyl (C=O) groups excluding carboxylic acids is 2. The molecule has 0 aromatic heterocycles. The van der Waals surface area contributed by atoms with Gasteiger partial charge in [0.2, 0.25) is 0 Å². The van der Waals surface area contributed by atoms with Crippen molar-refractivity contribution in [1.29, 1.82) is 0 Å². The topological polar surface area (TPSA) is 57.6 Å². The summed E-state index contributed by atoms with van der Waals surface area (Å²) in [5, 5.41) is 11.1. The number of hydrogen-bond donors (Lipinski definition) is 1. The predicted molar refractivity (Wildman–Crippen MR) is 75.3 cm³/mol. The highest BCUT2D eigenvalue weighted by molar-refractivity contribution is 5.82. The van der Waals surface area contributed by atoms with E-state index in [9.17, 15) is 14.7 Å². The van der Waals surface area contributed by atoms with Gasteiger partial charge in [0.05, 0.1) is 5.60 Å². The number of aliphatic hydroxyl groups is 1. The zero-order valence-corrected chi connectivity index (χ0v) is 12.3. The van der Waals surface area contributed by atoms with Gasteiger partial charge < -0.3 is 9.90 Å². The minimum atomic E-state index is -0.799. The predicted octanol–water partition coefficient (Wildman–Crippen LogP) is 1.55. The fraction of sp³-hybridized carbons (Fsp3) is 0.875. The Hall–Kier alpha value is -0.740. The molecule has 1 aliphatic heterocycles. The van der Waals surface area contributed by atoms with Gasteiger partial charge in [0.1, 0.15) is 12.1 Å². The van der Waals surface area contributed by atoms with E-state index in [0.29, 0.717) is 25.2 Å². The molecule has 20 heavy (non-hydrogen) atoms. The zero-order valence-electron chi connectivity index (χ0n) is 12.3. The Morgan fingerprint density at radius 2 is 2.20 bits per heavy atom. The highest BCUT2D eigenvalue weighted by atomic mass is 16.3. The van der Waals surface area contributed by atoms with Crippen LogP contribution in [0.3, 0.4) is 0 Å². The summed E-state index contributed by atoms with van der Waals surface area (Å²) in [5.41, 5.74) is -0.976. The van der Waals surface area contributed by atoms with Gasteiger partial charge in [-0.1, -0.05) is 6.92 Å². The van der Waals surface area contributed by atoms with Crippen LogP contribution in [0.1, 0.15) is 51.9 Å². The first-order valence-corrected chi connectivity index (χ1v) is 7.93. The lowest BCUT2D eigenvalue weighted by Gasteiger charge is -2.63. The molecule has 0 aromatic rings. The summed E-state index contributed by atoms with van der Waals surface area (Å²) >= 11 is 0. The molecule has 2 aliphatic carbocycles. The first kappa shape index (κ1) is 14.2. The minimum Gasteiger partial charge on any atom is -0.389 e. The smallest absolute Gasteiger partial charge is 0.137 e. The lowest BCUT2D eigenvalue weighted by Crippen LogP contribution is -2.70. The van der Waals surface area contributed by atoms with Gasteiger partial charge in [-0.25, -0.2) is 0 Å². The second-order valence-corrected chi connectivity index (χ2v) is 7.25. The van der Waals surface area contributed by atoms with Crippen molar-refractivity contribution in [2.75, 3.05) is 13.1 Å². The largest absolute Gasteiger partial charge is 0.389 e. The maximum atomic E-state index is 12.2. The van der Waals surface area contributed by atoms with Crippen molar-refractivity contribution in [1.82, 2.24) is 4.90 Å². The molecule has 3 aliphatic rings. The van der Waals surface area contributed by atoms with Gasteiger partial charge in [-0.05, 0) is 38.1 Å². The van der Waals surface area contributed by atoms with Crippen LogP contribution in [0.4, 0.5) is 0 Å². The van der Waals surface area contributed by atoms with Crippen molar-refractivity contribution in [2.45, 2.75) is 63.0 Å². The molecule has 1 heterocycles. The number of piperidine rings is 1. The van der Waals surface area contributed by atoms with E-state index in [0.717, 1.165) is 45.1 Å². The van der Waals surface area contributed by atoms with E-state index in [-0.39, 0.29) is 17.2 Å². The van der Waals surface area contributed by atoms with Crippen LogP contribution in [0, 0.1) is 11.8 Å². The van der Waals surface area contributed by atoms with Crippen molar-refractivity contribution >= 4 is 12.1 Å². The van der Waals surface area contributed by atoms with Crippen LogP contribution >= 0.6 is 0 Å². The number of nitrogens with zero attached hydrogens (tertiary/aromatic N) is 1. The van der Waals surface area contributed by atoms with Gasteiger partial charge in [-0.2, -0.15) is 0 Å². The minimum absolute atomic E-state index is 0.178. The van der Waals surface area contributed by atoms with E-state index in [1.807, 2.05) is 0 Å². The summed E-state index contributed by atoms with van der Waals surface area (Å²) in [7, 11) is 0. The lowest BCUT2D eigenvalue weighted by molar-refractivity contribution is -0.193. The average molecular weight is 279 g/mol. The lowest BCUT2D eigenvalue weighted by atomic mass is 9.52. The number of hydrogen-bond acceptors (Lipinski definition) is 4. The Labute approximate surface area is 120 Å². The molecule has 0 radical (unpaired) electrons. The van der Waals surface area contributed by atoms with Gasteiger partial charge >= 0.3 is 0 Å².